The minimum atomic E-state index is -1.32. The Morgan fingerprint density at radius 3 is 2.20 bits per heavy atom. The van der Waals surface area contributed by atoms with Gasteiger partial charge in [-0.05, 0) is 59.7 Å². The molecule has 2 aliphatic rings. The van der Waals surface area contributed by atoms with Gasteiger partial charge in [-0.3, -0.25) is 24.1 Å². The molecule has 4 aromatic rings. The van der Waals surface area contributed by atoms with E-state index in [2.05, 4.69) is 5.32 Å². The quantitative estimate of drug-likeness (QED) is 0.216. The highest BCUT2D eigenvalue weighted by molar-refractivity contribution is 6.52. The zero-order chi connectivity index (χ0) is 34.7. The first-order valence-corrected chi connectivity index (χ1v) is 15.1. The molecule has 0 fully saturated rings. The molecular weight excluding hydrogens is 634 g/mol. The summed E-state index contributed by atoms with van der Waals surface area (Å²) in [5.41, 5.74) is 1.87. The van der Waals surface area contributed by atoms with E-state index >= 15 is 0 Å². The molecule has 0 saturated carbocycles. The third-order valence-electron chi connectivity index (χ3n) is 8.21. The minimum Gasteiger partial charge on any atom is -0.497 e. The third kappa shape index (κ3) is 6.38. The second-order valence-electron chi connectivity index (χ2n) is 11.0. The fourth-order valence-corrected chi connectivity index (χ4v) is 5.80. The lowest BCUT2D eigenvalue weighted by Gasteiger charge is -2.33. The molecule has 0 aromatic heterocycles. The number of carbonyl (C=O) groups is 4. The molecule has 0 radical (unpaired) electrons. The Morgan fingerprint density at radius 1 is 0.837 bits per heavy atom. The molecule has 0 saturated heterocycles. The number of hydrogen-bond donors (Lipinski definition) is 1. The number of carbonyl (C=O) groups excluding carboxylic acids is 4. The minimum absolute atomic E-state index is 0.0474. The lowest BCUT2D eigenvalue weighted by Crippen LogP contribution is -2.46. The van der Waals surface area contributed by atoms with Crippen LogP contribution in [0.3, 0.4) is 0 Å². The van der Waals surface area contributed by atoms with Crippen LogP contribution in [-0.4, -0.2) is 70.2 Å². The van der Waals surface area contributed by atoms with Gasteiger partial charge in [0.15, 0.2) is 23.0 Å². The van der Waals surface area contributed by atoms with Crippen LogP contribution < -0.4 is 38.6 Å². The van der Waals surface area contributed by atoms with Crippen LogP contribution >= 0.6 is 0 Å². The van der Waals surface area contributed by atoms with Gasteiger partial charge < -0.3 is 38.6 Å². The molecule has 0 aliphatic carbocycles. The first-order valence-electron chi connectivity index (χ1n) is 15.1. The number of nitrogens with one attached hydrogen (secondary N) is 1. The van der Waals surface area contributed by atoms with Gasteiger partial charge in [-0.2, -0.15) is 0 Å². The number of anilines is 2. The van der Waals surface area contributed by atoms with E-state index in [4.69, 9.17) is 28.4 Å². The molecule has 252 valence electrons. The largest absolute Gasteiger partial charge is 0.497 e. The zero-order valence-electron chi connectivity index (χ0n) is 27.2. The molecule has 3 amide bonds. The highest BCUT2D eigenvalue weighted by Gasteiger charge is 2.40. The van der Waals surface area contributed by atoms with Crippen LogP contribution in [0.2, 0.25) is 0 Å². The van der Waals surface area contributed by atoms with E-state index in [-0.39, 0.29) is 36.1 Å². The van der Waals surface area contributed by atoms with Crippen molar-refractivity contribution in [1.82, 2.24) is 4.90 Å². The highest BCUT2D eigenvalue weighted by Crippen LogP contribution is 2.42. The summed E-state index contributed by atoms with van der Waals surface area (Å²) in [6, 6.07) is 20.2. The number of Topliss-reactive ketones (excluding diaryl/α,β-unsaturated/α-hetero) is 1. The third-order valence-corrected chi connectivity index (χ3v) is 8.21. The predicted molar refractivity (Wildman–Crippen MR) is 177 cm³/mol. The van der Waals surface area contributed by atoms with Gasteiger partial charge in [0.25, 0.3) is 17.6 Å². The summed E-state index contributed by atoms with van der Waals surface area (Å²) in [6.45, 7) is -0.544. The zero-order valence-corrected chi connectivity index (χ0v) is 27.2. The summed E-state index contributed by atoms with van der Waals surface area (Å²) in [6.07, 6.45) is 0. The molecule has 6 rings (SSSR count). The fraction of sp³-hybridized carbons (Fsp3) is 0.222. The van der Waals surface area contributed by atoms with E-state index in [9.17, 15) is 19.2 Å². The second-order valence-corrected chi connectivity index (χ2v) is 11.0. The van der Waals surface area contributed by atoms with Crippen molar-refractivity contribution >= 4 is 34.9 Å². The van der Waals surface area contributed by atoms with Crippen molar-refractivity contribution in [3.05, 3.63) is 95.6 Å². The SMILES string of the molecule is COc1ccc(CN(C(=O)CN2C(=O)C(=O)c3ccccc32)[C@H](C(=O)Nc2ccc3c(c2)OCO3)c2cc(OC)c(OC)c(OC)c2)cc1. The number of amides is 3. The summed E-state index contributed by atoms with van der Waals surface area (Å²) in [4.78, 5) is 57.5. The van der Waals surface area contributed by atoms with Crippen molar-refractivity contribution < 1.29 is 47.6 Å². The van der Waals surface area contributed by atoms with Crippen molar-refractivity contribution in [1.29, 1.82) is 0 Å². The Balaban J connectivity index is 1.46. The maximum absolute atomic E-state index is 14.5. The normalized spacial score (nSPS) is 13.4. The number of nitrogens with zero attached hydrogens (tertiary/aromatic N) is 2. The standard InChI is InChI=1S/C36H33N3O10/c1-44-24-12-9-21(10-13-24)18-39(31(40)19-38-26-8-6-5-7-25(26)33(41)36(38)43)32(22-15-29(45-2)34(47-4)30(16-22)46-3)35(42)37-23-11-14-27-28(17-23)49-20-48-27/h5-17,32H,18-20H2,1-4H3,(H,37,42)/t32-/m0/s1. The number of methoxy groups -OCH3 is 4. The Hall–Kier alpha value is -6.24. The van der Waals surface area contributed by atoms with Crippen LogP contribution in [-0.2, 0) is 20.9 Å². The van der Waals surface area contributed by atoms with Gasteiger partial charge in [-0.1, -0.05) is 24.3 Å². The number of hydrogen-bond acceptors (Lipinski definition) is 10. The molecule has 4 aromatic carbocycles. The first-order chi connectivity index (χ1) is 23.8. The average Bonchev–Trinajstić information content (AvgIpc) is 3.69. The number of rotatable bonds is 12. The number of ketones is 1. The number of para-hydroxylation sites is 1. The van der Waals surface area contributed by atoms with Gasteiger partial charge in [-0.15, -0.1) is 0 Å². The molecule has 0 spiro atoms. The van der Waals surface area contributed by atoms with E-state index in [1.54, 1.807) is 72.8 Å². The van der Waals surface area contributed by atoms with Crippen molar-refractivity contribution in [2.75, 3.05) is 52.0 Å². The molecule has 0 bridgehead atoms. The molecular formula is C36H33N3O10. The molecule has 2 heterocycles. The van der Waals surface area contributed by atoms with Crippen LogP contribution in [0.1, 0.15) is 27.5 Å². The summed E-state index contributed by atoms with van der Waals surface area (Å²) in [7, 11) is 5.88. The molecule has 13 heteroatoms. The molecule has 1 atom stereocenters. The van der Waals surface area contributed by atoms with Gasteiger partial charge >= 0.3 is 0 Å². The molecule has 13 nitrogen and oxygen atoms in total. The lowest BCUT2D eigenvalue weighted by atomic mass is 10.0. The van der Waals surface area contributed by atoms with Crippen molar-refractivity contribution in [3.8, 4) is 34.5 Å². The van der Waals surface area contributed by atoms with Crippen molar-refractivity contribution in [2.45, 2.75) is 12.6 Å². The van der Waals surface area contributed by atoms with Gasteiger partial charge in [0.05, 0.1) is 39.7 Å². The van der Waals surface area contributed by atoms with Gasteiger partial charge in [0.2, 0.25) is 18.4 Å². The maximum atomic E-state index is 14.5. The Labute approximate surface area is 281 Å². The molecule has 0 unspecified atom stereocenters. The second kappa shape index (κ2) is 13.9. The summed E-state index contributed by atoms with van der Waals surface area (Å²) >= 11 is 0. The maximum Gasteiger partial charge on any atom is 0.299 e. The molecule has 2 aliphatic heterocycles. The van der Waals surface area contributed by atoms with Crippen LogP contribution in [0.15, 0.2) is 78.9 Å². The van der Waals surface area contributed by atoms with Gasteiger partial charge in [0, 0.05) is 18.3 Å². The first kappa shape index (κ1) is 32.7. The van der Waals surface area contributed by atoms with E-state index in [0.29, 0.717) is 39.8 Å². The van der Waals surface area contributed by atoms with E-state index < -0.39 is 36.1 Å². The summed E-state index contributed by atoms with van der Waals surface area (Å²) in [5.74, 6) is -0.402. The van der Waals surface area contributed by atoms with Gasteiger partial charge in [0.1, 0.15) is 18.3 Å². The Morgan fingerprint density at radius 2 is 1.53 bits per heavy atom. The molecule has 1 N–H and O–H groups in total. The monoisotopic (exact) mass is 667 g/mol. The average molecular weight is 668 g/mol. The predicted octanol–water partition coefficient (Wildman–Crippen LogP) is 4.39. The number of fused-ring (bicyclic) bond motifs is 2. The van der Waals surface area contributed by atoms with Crippen LogP contribution in [0.5, 0.6) is 34.5 Å². The van der Waals surface area contributed by atoms with E-state index in [0.717, 1.165) is 4.90 Å². The number of benzene rings is 4. The van der Waals surface area contributed by atoms with E-state index in [1.165, 1.54) is 39.4 Å². The summed E-state index contributed by atoms with van der Waals surface area (Å²) < 4.78 is 32.9. The van der Waals surface area contributed by atoms with Crippen LogP contribution in [0.4, 0.5) is 11.4 Å². The summed E-state index contributed by atoms with van der Waals surface area (Å²) in [5, 5.41) is 2.90. The molecule has 49 heavy (non-hydrogen) atoms. The van der Waals surface area contributed by atoms with E-state index in [1.807, 2.05) is 0 Å². The highest BCUT2D eigenvalue weighted by atomic mass is 16.7. The Bertz CT molecular complexity index is 1900. The number of ether oxygens (including phenoxy) is 6. The van der Waals surface area contributed by atoms with Crippen molar-refractivity contribution in [3.63, 3.8) is 0 Å². The topological polar surface area (TPSA) is 142 Å². The van der Waals surface area contributed by atoms with Crippen molar-refractivity contribution in [2.24, 2.45) is 0 Å². The van der Waals surface area contributed by atoms with Gasteiger partial charge in [-0.25, -0.2) is 0 Å². The van der Waals surface area contributed by atoms with Crippen LogP contribution in [0.25, 0.3) is 0 Å². The smallest absolute Gasteiger partial charge is 0.299 e. The fourth-order valence-electron chi connectivity index (χ4n) is 5.80. The Kier molecular flexibility index (Phi) is 9.24. The van der Waals surface area contributed by atoms with Crippen LogP contribution in [0, 0.1) is 0 Å². The lowest BCUT2D eigenvalue weighted by molar-refractivity contribution is -0.139.